The number of rotatable bonds is 6. The lowest BCUT2D eigenvalue weighted by molar-refractivity contribution is -0.138. The van der Waals surface area contributed by atoms with E-state index in [0.717, 1.165) is 31.7 Å². The molecule has 1 atom stereocenters. The Balaban J connectivity index is 0.00000288. The summed E-state index contributed by atoms with van der Waals surface area (Å²) in [6, 6.07) is 5.07. The number of methoxy groups -OCH3 is 2. The molecule has 0 aliphatic carbocycles. The summed E-state index contributed by atoms with van der Waals surface area (Å²) in [5.74, 6) is 1.11. The fourth-order valence-corrected chi connectivity index (χ4v) is 2.91. The van der Waals surface area contributed by atoms with E-state index in [1.165, 1.54) is 14.2 Å². The van der Waals surface area contributed by atoms with Crippen molar-refractivity contribution in [3.8, 4) is 11.5 Å². The molecule has 0 bridgehead atoms. The van der Waals surface area contributed by atoms with Gasteiger partial charge >= 0.3 is 6.18 Å². The molecule has 0 amide bonds. The van der Waals surface area contributed by atoms with Crippen molar-refractivity contribution in [2.24, 2.45) is 0 Å². The number of hydrogen-bond donors (Lipinski definition) is 1. The van der Waals surface area contributed by atoms with Gasteiger partial charge in [-0.1, -0.05) is 6.07 Å². The van der Waals surface area contributed by atoms with Crippen LogP contribution < -0.4 is 14.8 Å². The van der Waals surface area contributed by atoms with Crippen LogP contribution in [0.4, 0.5) is 13.2 Å². The van der Waals surface area contributed by atoms with Crippen LogP contribution in [0.25, 0.3) is 0 Å². The third kappa shape index (κ3) is 7.09. The van der Waals surface area contributed by atoms with Gasteiger partial charge in [0, 0.05) is 38.6 Å². The number of benzene rings is 1. The monoisotopic (exact) mass is 404 g/mol. The van der Waals surface area contributed by atoms with Gasteiger partial charge in [-0.25, -0.2) is 0 Å². The van der Waals surface area contributed by atoms with Crippen LogP contribution in [-0.4, -0.2) is 51.5 Å². The van der Waals surface area contributed by atoms with E-state index in [9.17, 15) is 13.2 Å². The Kier molecular flexibility index (Phi) is 10.6. The van der Waals surface area contributed by atoms with Crippen LogP contribution in [0.5, 0.6) is 11.5 Å². The smallest absolute Gasteiger partial charge is 0.389 e. The molecule has 1 aliphatic rings. The van der Waals surface area contributed by atoms with Gasteiger partial charge in [-0.2, -0.15) is 13.2 Å². The largest absolute Gasteiger partial charge is 0.493 e. The molecule has 1 heterocycles. The first-order chi connectivity index (χ1) is 10.9. The molecule has 1 N–H and O–H groups in total. The minimum Gasteiger partial charge on any atom is -0.493 e. The van der Waals surface area contributed by atoms with E-state index in [2.05, 4.69) is 10.2 Å². The van der Waals surface area contributed by atoms with Crippen LogP contribution in [0.1, 0.15) is 24.4 Å². The second-order valence-corrected chi connectivity index (χ2v) is 5.57. The first-order valence-corrected chi connectivity index (χ1v) is 7.68. The Labute approximate surface area is 158 Å². The molecule has 2 rings (SSSR count). The molecule has 0 saturated carbocycles. The molecule has 4 nitrogen and oxygen atoms in total. The summed E-state index contributed by atoms with van der Waals surface area (Å²) in [6.07, 6.45) is -4.90. The molecule has 146 valence electrons. The van der Waals surface area contributed by atoms with Gasteiger partial charge in [0.1, 0.15) is 0 Å². The lowest BCUT2D eigenvalue weighted by Gasteiger charge is -2.35. The molecule has 0 aromatic heterocycles. The van der Waals surface area contributed by atoms with Crippen molar-refractivity contribution in [2.75, 3.05) is 40.4 Å². The van der Waals surface area contributed by atoms with Crippen LogP contribution in [0.15, 0.2) is 18.2 Å². The SMILES string of the molecule is COc1ccc([C@@H](CCC(F)(F)F)N2CCNCC2)cc1OC.Cl.Cl. The topological polar surface area (TPSA) is 33.7 Å². The summed E-state index contributed by atoms with van der Waals surface area (Å²) in [4.78, 5) is 2.10. The van der Waals surface area contributed by atoms with Crippen LogP contribution in [0.3, 0.4) is 0 Å². The number of halogens is 5. The predicted molar refractivity (Wildman–Crippen MR) is 96.5 cm³/mol. The van der Waals surface area contributed by atoms with E-state index < -0.39 is 12.6 Å². The predicted octanol–water partition coefficient (Wildman–Crippen LogP) is 3.84. The lowest BCUT2D eigenvalue weighted by atomic mass is 9.98. The minimum absolute atomic E-state index is 0. The van der Waals surface area contributed by atoms with E-state index in [0.29, 0.717) is 11.5 Å². The van der Waals surface area contributed by atoms with E-state index in [-0.39, 0.29) is 37.3 Å². The maximum atomic E-state index is 12.7. The molecule has 25 heavy (non-hydrogen) atoms. The summed E-state index contributed by atoms with van der Waals surface area (Å²) < 4.78 is 48.5. The zero-order valence-electron chi connectivity index (χ0n) is 14.3. The van der Waals surface area contributed by atoms with Crippen LogP contribution in [0, 0.1) is 0 Å². The summed E-state index contributed by atoms with van der Waals surface area (Å²) >= 11 is 0. The Morgan fingerprint density at radius 2 is 1.68 bits per heavy atom. The molecule has 0 radical (unpaired) electrons. The number of hydrogen-bond acceptors (Lipinski definition) is 4. The highest BCUT2D eigenvalue weighted by Crippen LogP contribution is 2.36. The quantitative estimate of drug-likeness (QED) is 0.780. The number of nitrogens with zero attached hydrogens (tertiary/aromatic N) is 1. The second kappa shape index (κ2) is 11.0. The van der Waals surface area contributed by atoms with E-state index in [1.807, 2.05) is 6.07 Å². The average molecular weight is 405 g/mol. The number of ether oxygens (including phenoxy) is 2. The number of nitrogens with one attached hydrogen (secondary N) is 1. The van der Waals surface area contributed by atoms with Crippen molar-refractivity contribution in [1.82, 2.24) is 10.2 Å². The minimum atomic E-state index is -4.15. The fourth-order valence-electron chi connectivity index (χ4n) is 2.91. The molecule has 1 fully saturated rings. The maximum Gasteiger partial charge on any atom is 0.389 e. The fraction of sp³-hybridized carbons (Fsp3) is 0.625. The molecular formula is C16H25Cl2F3N2O2. The van der Waals surface area contributed by atoms with Gasteiger partial charge in [-0.3, -0.25) is 4.90 Å². The molecule has 1 aliphatic heterocycles. The van der Waals surface area contributed by atoms with Gasteiger partial charge in [0.05, 0.1) is 14.2 Å². The Hall–Kier alpha value is -0.890. The van der Waals surface area contributed by atoms with E-state index >= 15 is 0 Å². The standard InChI is InChI=1S/C16H23F3N2O2.2ClH/c1-22-14-4-3-12(11-15(14)23-2)13(5-6-16(17,18)19)21-9-7-20-8-10-21;;/h3-4,11,13,20H,5-10H2,1-2H3;2*1H/t13-;;/m1../s1. The average Bonchev–Trinajstić information content (AvgIpc) is 2.54. The highest BCUT2D eigenvalue weighted by molar-refractivity contribution is 5.85. The summed E-state index contributed by atoms with van der Waals surface area (Å²) in [5.41, 5.74) is 0.828. The van der Waals surface area contributed by atoms with Crippen molar-refractivity contribution in [3.05, 3.63) is 23.8 Å². The van der Waals surface area contributed by atoms with Gasteiger partial charge in [0.15, 0.2) is 11.5 Å². The Morgan fingerprint density at radius 3 is 2.20 bits per heavy atom. The first kappa shape index (κ1) is 24.1. The summed E-state index contributed by atoms with van der Waals surface area (Å²) in [5, 5.41) is 3.23. The van der Waals surface area contributed by atoms with E-state index in [4.69, 9.17) is 9.47 Å². The second-order valence-electron chi connectivity index (χ2n) is 5.57. The third-order valence-corrected chi connectivity index (χ3v) is 4.09. The highest BCUT2D eigenvalue weighted by Gasteiger charge is 2.31. The third-order valence-electron chi connectivity index (χ3n) is 4.09. The summed E-state index contributed by atoms with van der Waals surface area (Å²) in [7, 11) is 3.06. The van der Waals surface area contributed by atoms with Crippen molar-refractivity contribution in [3.63, 3.8) is 0 Å². The van der Waals surface area contributed by atoms with Crippen molar-refractivity contribution >= 4 is 24.8 Å². The normalized spacial score (nSPS) is 16.4. The van der Waals surface area contributed by atoms with Crippen LogP contribution in [-0.2, 0) is 0 Å². The number of alkyl halides is 3. The van der Waals surface area contributed by atoms with Crippen molar-refractivity contribution in [1.29, 1.82) is 0 Å². The van der Waals surface area contributed by atoms with Crippen LogP contribution in [0.2, 0.25) is 0 Å². The zero-order valence-corrected chi connectivity index (χ0v) is 15.9. The Bertz CT molecular complexity index is 513. The van der Waals surface area contributed by atoms with Gasteiger partial charge in [0.25, 0.3) is 0 Å². The first-order valence-electron chi connectivity index (χ1n) is 7.68. The lowest BCUT2D eigenvalue weighted by Crippen LogP contribution is -2.45. The molecule has 0 unspecified atom stereocenters. The van der Waals surface area contributed by atoms with E-state index in [1.54, 1.807) is 12.1 Å². The molecule has 1 saturated heterocycles. The molecule has 9 heteroatoms. The van der Waals surface area contributed by atoms with Gasteiger partial charge in [-0.15, -0.1) is 24.8 Å². The van der Waals surface area contributed by atoms with Gasteiger partial charge in [0.2, 0.25) is 0 Å². The Morgan fingerprint density at radius 1 is 1.08 bits per heavy atom. The van der Waals surface area contributed by atoms with Crippen LogP contribution >= 0.6 is 24.8 Å². The molecule has 1 aromatic carbocycles. The highest BCUT2D eigenvalue weighted by atomic mass is 35.5. The molecule has 0 spiro atoms. The van der Waals surface area contributed by atoms with Gasteiger partial charge < -0.3 is 14.8 Å². The van der Waals surface area contributed by atoms with Gasteiger partial charge in [-0.05, 0) is 24.1 Å². The summed E-state index contributed by atoms with van der Waals surface area (Å²) in [6.45, 7) is 3.04. The zero-order chi connectivity index (χ0) is 16.9. The van der Waals surface area contributed by atoms with Crippen molar-refractivity contribution in [2.45, 2.75) is 25.1 Å². The molecular weight excluding hydrogens is 380 g/mol. The number of piperazine rings is 1. The van der Waals surface area contributed by atoms with Crippen molar-refractivity contribution < 1.29 is 22.6 Å². The molecule has 1 aromatic rings. The maximum absolute atomic E-state index is 12.7.